The van der Waals surface area contributed by atoms with Gasteiger partial charge in [0, 0.05) is 0 Å². The first kappa shape index (κ1) is 12.5. The van der Waals surface area contributed by atoms with Crippen molar-refractivity contribution in [2.75, 3.05) is 12.4 Å². The fourth-order valence-corrected chi connectivity index (χ4v) is 1.64. The molecule has 96 valence electrons. The van der Waals surface area contributed by atoms with Crippen molar-refractivity contribution in [1.29, 1.82) is 0 Å². The number of halogens is 1. The SMILES string of the molecule is COC(=O)C1(Nc2nc(Cl)ncc2[N+](=O)[O-])CC1. The van der Waals surface area contributed by atoms with Gasteiger partial charge in [0.1, 0.15) is 11.7 Å². The number of ether oxygens (including phenoxy) is 1. The van der Waals surface area contributed by atoms with Crippen LogP contribution in [0.2, 0.25) is 5.28 Å². The summed E-state index contributed by atoms with van der Waals surface area (Å²) in [4.78, 5) is 29.0. The highest BCUT2D eigenvalue weighted by Crippen LogP contribution is 2.41. The Morgan fingerprint density at radius 1 is 1.67 bits per heavy atom. The van der Waals surface area contributed by atoms with Gasteiger partial charge in [0.2, 0.25) is 11.1 Å². The number of esters is 1. The number of hydrogen-bond donors (Lipinski definition) is 1. The van der Waals surface area contributed by atoms with E-state index >= 15 is 0 Å². The van der Waals surface area contributed by atoms with Crippen LogP contribution in [-0.2, 0) is 9.53 Å². The Morgan fingerprint density at radius 2 is 2.33 bits per heavy atom. The number of aromatic nitrogens is 2. The van der Waals surface area contributed by atoms with Crippen molar-refractivity contribution in [2.45, 2.75) is 18.4 Å². The average molecular weight is 273 g/mol. The number of hydrogen-bond acceptors (Lipinski definition) is 7. The molecule has 1 aliphatic rings. The minimum Gasteiger partial charge on any atom is -0.467 e. The van der Waals surface area contributed by atoms with E-state index in [0.29, 0.717) is 12.8 Å². The highest BCUT2D eigenvalue weighted by Gasteiger charge is 2.52. The van der Waals surface area contributed by atoms with E-state index in [-0.39, 0.29) is 16.8 Å². The summed E-state index contributed by atoms with van der Waals surface area (Å²) in [7, 11) is 1.26. The molecule has 0 aliphatic heterocycles. The molecule has 1 aliphatic carbocycles. The van der Waals surface area contributed by atoms with Gasteiger partial charge in [0.25, 0.3) is 0 Å². The van der Waals surface area contributed by atoms with Crippen LogP contribution >= 0.6 is 11.6 Å². The first-order valence-electron chi connectivity index (χ1n) is 5.02. The minimum absolute atomic E-state index is 0.0806. The quantitative estimate of drug-likeness (QED) is 0.379. The Bertz CT molecular complexity index is 517. The van der Waals surface area contributed by atoms with Crippen LogP contribution in [0.15, 0.2) is 6.20 Å². The van der Waals surface area contributed by atoms with E-state index < -0.39 is 16.4 Å². The molecule has 1 aromatic heterocycles. The molecule has 1 saturated carbocycles. The van der Waals surface area contributed by atoms with E-state index in [1.807, 2.05) is 0 Å². The summed E-state index contributed by atoms with van der Waals surface area (Å²) in [5, 5.41) is 13.4. The molecule has 2 rings (SSSR count). The van der Waals surface area contributed by atoms with Crippen LogP contribution in [0.4, 0.5) is 11.5 Å². The van der Waals surface area contributed by atoms with Crippen LogP contribution in [0.3, 0.4) is 0 Å². The molecule has 0 unspecified atom stereocenters. The largest absolute Gasteiger partial charge is 0.467 e. The Balaban J connectivity index is 2.31. The normalized spacial score (nSPS) is 15.9. The smallest absolute Gasteiger partial charge is 0.331 e. The summed E-state index contributed by atoms with van der Waals surface area (Å²) in [5.74, 6) is -0.561. The van der Waals surface area contributed by atoms with Crippen LogP contribution in [0, 0.1) is 10.1 Å². The van der Waals surface area contributed by atoms with Crippen LogP contribution < -0.4 is 5.32 Å². The number of rotatable bonds is 4. The van der Waals surface area contributed by atoms with E-state index in [1.54, 1.807) is 0 Å². The van der Waals surface area contributed by atoms with Gasteiger partial charge in [0.05, 0.1) is 12.0 Å². The average Bonchev–Trinajstić information content (AvgIpc) is 3.08. The number of carbonyl (C=O) groups excluding carboxylic acids is 1. The zero-order chi connectivity index (χ0) is 13.3. The van der Waals surface area contributed by atoms with Crippen molar-refractivity contribution in [1.82, 2.24) is 9.97 Å². The fourth-order valence-electron chi connectivity index (χ4n) is 1.51. The van der Waals surface area contributed by atoms with Crippen molar-refractivity contribution in [3.8, 4) is 0 Å². The molecule has 0 radical (unpaired) electrons. The Labute approximate surface area is 106 Å². The molecular formula is C9H9ClN4O4. The van der Waals surface area contributed by atoms with E-state index in [2.05, 4.69) is 20.0 Å². The summed E-state index contributed by atoms with van der Waals surface area (Å²) in [6.07, 6.45) is 2.04. The van der Waals surface area contributed by atoms with Crippen molar-refractivity contribution >= 4 is 29.1 Å². The van der Waals surface area contributed by atoms with E-state index in [0.717, 1.165) is 6.20 Å². The second kappa shape index (κ2) is 4.37. The predicted molar refractivity (Wildman–Crippen MR) is 61.3 cm³/mol. The maximum absolute atomic E-state index is 11.5. The maximum Gasteiger partial charge on any atom is 0.331 e. The Morgan fingerprint density at radius 3 is 2.83 bits per heavy atom. The van der Waals surface area contributed by atoms with Crippen LogP contribution in [0.1, 0.15) is 12.8 Å². The molecule has 1 aromatic rings. The van der Waals surface area contributed by atoms with Gasteiger partial charge in [-0.2, -0.15) is 4.98 Å². The lowest BCUT2D eigenvalue weighted by Gasteiger charge is -2.14. The van der Waals surface area contributed by atoms with Gasteiger partial charge in [-0.25, -0.2) is 9.78 Å². The van der Waals surface area contributed by atoms with Gasteiger partial charge in [-0.05, 0) is 24.4 Å². The molecule has 9 heteroatoms. The highest BCUT2D eigenvalue weighted by atomic mass is 35.5. The van der Waals surface area contributed by atoms with Gasteiger partial charge in [-0.15, -0.1) is 0 Å². The molecule has 0 aromatic carbocycles. The topological polar surface area (TPSA) is 107 Å². The second-order valence-corrected chi connectivity index (χ2v) is 4.17. The number of nitrogens with zero attached hydrogens (tertiary/aromatic N) is 3. The lowest BCUT2D eigenvalue weighted by Crippen LogP contribution is -2.33. The third-order valence-electron chi connectivity index (χ3n) is 2.62. The standard InChI is InChI=1S/C9H9ClN4O4/c1-18-7(15)9(2-3-9)13-6-5(14(16)17)4-11-8(10)12-6/h4H,2-3H2,1H3,(H,11,12,13). The molecule has 0 bridgehead atoms. The molecule has 18 heavy (non-hydrogen) atoms. The summed E-state index contributed by atoms with van der Waals surface area (Å²) in [6, 6.07) is 0. The van der Waals surface area contributed by atoms with Crippen molar-refractivity contribution in [2.24, 2.45) is 0 Å². The third-order valence-corrected chi connectivity index (χ3v) is 2.80. The van der Waals surface area contributed by atoms with Gasteiger partial charge >= 0.3 is 11.7 Å². The lowest BCUT2D eigenvalue weighted by molar-refractivity contribution is -0.384. The molecule has 0 saturated heterocycles. The molecule has 1 N–H and O–H groups in total. The third kappa shape index (κ3) is 2.19. The number of carbonyl (C=O) groups is 1. The number of nitro groups is 1. The van der Waals surface area contributed by atoms with Gasteiger partial charge < -0.3 is 10.1 Å². The Hall–Kier alpha value is -1.96. The van der Waals surface area contributed by atoms with Gasteiger partial charge in [0.15, 0.2) is 0 Å². The number of anilines is 1. The van der Waals surface area contributed by atoms with Crippen LogP contribution in [0.5, 0.6) is 0 Å². The molecule has 0 atom stereocenters. The monoisotopic (exact) mass is 272 g/mol. The summed E-state index contributed by atoms with van der Waals surface area (Å²) in [5.41, 5.74) is -1.27. The van der Waals surface area contributed by atoms with Gasteiger partial charge in [-0.1, -0.05) is 0 Å². The van der Waals surface area contributed by atoms with E-state index in [1.165, 1.54) is 7.11 Å². The zero-order valence-corrected chi connectivity index (χ0v) is 10.1. The second-order valence-electron chi connectivity index (χ2n) is 3.83. The van der Waals surface area contributed by atoms with Crippen molar-refractivity contribution < 1.29 is 14.5 Å². The van der Waals surface area contributed by atoms with Crippen LogP contribution in [0.25, 0.3) is 0 Å². The Kier molecular flexibility index (Phi) is 3.04. The van der Waals surface area contributed by atoms with Crippen molar-refractivity contribution in [3.05, 3.63) is 21.6 Å². The molecule has 1 fully saturated rings. The van der Waals surface area contributed by atoms with E-state index in [4.69, 9.17) is 11.6 Å². The lowest BCUT2D eigenvalue weighted by atomic mass is 10.2. The molecule has 1 heterocycles. The fraction of sp³-hybridized carbons (Fsp3) is 0.444. The summed E-state index contributed by atoms with van der Waals surface area (Å²) in [6.45, 7) is 0. The highest BCUT2D eigenvalue weighted by molar-refractivity contribution is 6.28. The predicted octanol–water partition coefficient (Wildman–Crippen LogP) is 1.16. The first-order valence-corrected chi connectivity index (χ1v) is 5.40. The molecular weight excluding hydrogens is 264 g/mol. The molecule has 0 amide bonds. The summed E-state index contributed by atoms with van der Waals surface area (Å²) >= 11 is 5.58. The van der Waals surface area contributed by atoms with Crippen molar-refractivity contribution in [3.63, 3.8) is 0 Å². The number of nitrogens with one attached hydrogen (secondary N) is 1. The minimum atomic E-state index is -0.933. The zero-order valence-electron chi connectivity index (χ0n) is 9.34. The first-order chi connectivity index (χ1) is 8.48. The van der Waals surface area contributed by atoms with Gasteiger partial charge in [-0.3, -0.25) is 10.1 Å². The summed E-state index contributed by atoms with van der Waals surface area (Å²) < 4.78 is 4.63. The van der Waals surface area contributed by atoms with Crippen LogP contribution in [-0.4, -0.2) is 33.5 Å². The maximum atomic E-state index is 11.5. The van der Waals surface area contributed by atoms with E-state index in [9.17, 15) is 14.9 Å². The molecule has 0 spiro atoms. The number of methoxy groups -OCH3 is 1. The molecule has 8 nitrogen and oxygen atoms in total.